The number of fused-ring (bicyclic) bond motifs is 1. The van der Waals surface area contributed by atoms with E-state index in [1.54, 1.807) is 4.91 Å². The summed E-state index contributed by atoms with van der Waals surface area (Å²) in [5.74, 6) is 0. The molecule has 0 bridgehead atoms. The van der Waals surface area contributed by atoms with E-state index < -0.39 is 0 Å². The number of rotatable bonds is 1. The molecule has 3 rings (SSSR count). The molecule has 4 nitrogen and oxygen atoms in total. The Labute approximate surface area is 82.1 Å². The van der Waals surface area contributed by atoms with E-state index in [9.17, 15) is 0 Å². The molecule has 0 saturated carbocycles. The average Bonchev–Trinajstić information content (AvgIpc) is 2.86. The number of nitrogens with zero attached hydrogens (tertiary/aromatic N) is 4. The quantitative estimate of drug-likeness (QED) is 0.673. The Balaban J connectivity index is 2.05. The van der Waals surface area contributed by atoms with Gasteiger partial charge in [0.15, 0.2) is 0 Å². The van der Waals surface area contributed by atoms with Crippen LogP contribution in [0.4, 0.5) is 0 Å². The summed E-state index contributed by atoms with van der Waals surface area (Å²) >= 11 is 0. The molecular formula is C10H12N4. The van der Waals surface area contributed by atoms with Gasteiger partial charge >= 0.3 is 0 Å². The molecule has 0 unspecified atom stereocenters. The summed E-state index contributed by atoms with van der Waals surface area (Å²) in [5, 5.41) is 11.0. The standard InChI is InChI=1S/C10H12N4/c1-2-6-10-9(5-1)11-14(12-10)13-7-3-4-8-13/h1-2,5-6H,3-4,7-8H2. The lowest BCUT2D eigenvalue weighted by Gasteiger charge is -2.13. The largest absolute Gasteiger partial charge is 0.280 e. The van der Waals surface area contributed by atoms with Gasteiger partial charge in [0.05, 0.1) is 0 Å². The Bertz CT molecular complexity index is 409. The van der Waals surface area contributed by atoms with Crippen LogP contribution in [0.15, 0.2) is 24.3 Å². The Morgan fingerprint density at radius 1 is 0.929 bits per heavy atom. The Morgan fingerprint density at radius 2 is 1.50 bits per heavy atom. The lowest BCUT2D eigenvalue weighted by molar-refractivity contribution is 0.524. The summed E-state index contributed by atoms with van der Waals surface area (Å²) in [6.45, 7) is 2.14. The van der Waals surface area contributed by atoms with Gasteiger partial charge in [-0.1, -0.05) is 17.0 Å². The van der Waals surface area contributed by atoms with Crippen LogP contribution in [-0.2, 0) is 0 Å². The van der Waals surface area contributed by atoms with Crippen LogP contribution in [0, 0.1) is 0 Å². The summed E-state index contributed by atoms with van der Waals surface area (Å²) in [6.07, 6.45) is 2.50. The van der Waals surface area contributed by atoms with Gasteiger partial charge in [-0.15, -0.1) is 10.2 Å². The first-order valence-electron chi connectivity index (χ1n) is 5.01. The van der Waals surface area contributed by atoms with Crippen LogP contribution in [0.25, 0.3) is 11.0 Å². The fourth-order valence-electron chi connectivity index (χ4n) is 1.85. The molecule has 2 aromatic rings. The van der Waals surface area contributed by atoms with E-state index >= 15 is 0 Å². The number of hydrogen-bond acceptors (Lipinski definition) is 3. The van der Waals surface area contributed by atoms with Crippen LogP contribution >= 0.6 is 0 Å². The van der Waals surface area contributed by atoms with Crippen molar-refractivity contribution in [3.63, 3.8) is 0 Å². The van der Waals surface area contributed by atoms with Crippen LogP contribution in [0.2, 0.25) is 0 Å². The highest BCUT2D eigenvalue weighted by Crippen LogP contribution is 2.10. The minimum atomic E-state index is 0.972. The van der Waals surface area contributed by atoms with Gasteiger partial charge in [-0.05, 0) is 25.0 Å². The van der Waals surface area contributed by atoms with E-state index in [-0.39, 0.29) is 0 Å². The molecule has 4 heteroatoms. The first-order chi connectivity index (χ1) is 6.93. The topological polar surface area (TPSA) is 34.0 Å². The second-order valence-corrected chi connectivity index (χ2v) is 3.62. The van der Waals surface area contributed by atoms with E-state index in [4.69, 9.17) is 0 Å². The third-order valence-corrected chi connectivity index (χ3v) is 2.61. The first kappa shape index (κ1) is 7.79. The summed E-state index contributed by atoms with van der Waals surface area (Å²) in [4.78, 5) is 1.75. The third-order valence-electron chi connectivity index (χ3n) is 2.61. The predicted octanol–water partition coefficient (Wildman–Crippen LogP) is 1.16. The smallest absolute Gasteiger partial charge is 0.115 e. The SMILES string of the molecule is c1ccc2nn(N3CCCC3)nc2c1. The maximum atomic E-state index is 4.43. The monoisotopic (exact) mass is 188 g/mol. The molecule has 1 saturated heterocycles. The van der Waals surface area contributed by atoms with Gasteiger partial charge in [0.1, 0.15) is 11.0 Å². The Morgan fingerprint density at radius 3 is 2.07 bits per heavy atom. The van der Waals surface area contributed by atoms with Crippen molar-refractivity contribution in [2.75, 3.05) is 18.1 Å². The molecule has 72 valence electrons. The van der Waals surface area contributed by atoms with Crippen molar-refractivity contribution in [3.05, 3.63) is 24.3 Å². The highest BCUT2D eigenvalue weighted by molar-refractivity contribution is 5.73. The van der Waals surface area contributed by atoms with Crippen LogP contribution in [-0.4, -0.2) is 28.2 Å². The zero-order valence-electron chi connectivity index (χ0n) is 7.93. The van der Waals surface area contributed by atoms with E-state index in [1.807, 2.05) is 24.3 Å². The summed E-state index contributed by atoms with van der Waals surface area (Å²) < 4.78 is 0. The van der Waals surface area contributed by atoms with E-state index in [0.29, 0.717) is 0 Å². The predicted molar refractivity (Wildman–Crippen MR) is 54.7 cm³/mol. The van der Waals surface area contributed by atoms with E-state index in [1.165, 1.54) is 12.8 Å². The van der Waals surface area contributed by atoms with Gasteiger partial charge in [0, 0.05) is 13.1 Å². The van der Waals surface area contributed by atoms with Crippen molar-refractivity contribution in [2.45, 2.75) is 12.8 Å². The minimum Gasteiger partial charge on any atom is -0.280 e. The lowest BCUT2D eigenvalue weighted by Crippen LogP contribution is -2.33. The van der Waals surface area contributed by atoms with Crippen molar-refractivity contribution >= 4 is 11.0 Å². The second kappa shape index (κ2) is 2.97. The Hall–Kier alpha value is -1.58. The fourth-order valence-corrected chi connectivity index (χ4v) is 1.85. The van der Waals surface area contributed by atoms with Crippen molar-refractivity contribution in [1.82, 2.24) is 15.1 Å². The molecule has 1 aromatic heterocycles. The molecule has 1 aliphatic heterocycles. The fraction of sp³-hybridized carbons (Fsp3) is 0.400. The van der Waals surface area contributed by atoms with Crippen LogP contribution in [0.1, 0.15) is 12.8 Å². The highest BCUT2D eigenvalue weighted by Gasteiger charge is 2.14. The molecule has 1 fully saturated rings. The molecule has 0 spiro atoms. The first-order valence-corrected chi connectivity index (χ1v) is 5.01. The number of benzene rings is 1. The zero-order valence-corrected chi connectivity index (χ0v) is 7.93. The molecule has 1 aromatic carbocycles. The Kier molecular flexibility index (Phi) is 1.65. The molecule has 0 aliphatic carbocycles. The molecule has 2 heterocycles. The normalized spacial score (nSPS) is 16.7. The minimum absolute atomic E-state index is 0.972. The molecule has 0 amide bonds. The third kappa shape index (κ3) is 1.14. The molecular weight excluding hydrogens is 176 g/mol. The van der Waals surface area contributed by atoms with Crippen molar-refractivity contribution in [1.29, 1.82) is 0 Å². The van der Waals surface area contributed by atoms with Crippen LogP contribution in [0.5, 0.6) is 0 Å². The van der Waals surface area contributed by atoms with Gasteiger partial charge < -0.3 is 0 Å². The van der Waals surface area contributed by atoms with Gasteiger partial charge in [0.2, 0.25) is 0 Å². The molecule has 0 radical (unpaired) electrons. The van der Waals surface area contributed by atoms with Gasteiger partial charge in [-0.25, -0.2) is 0 Å². The van der Waals surface area contributed by atoms with E-state index in [0.717, 1.165) is 24.1 Å². The van der Waals surface area contributed by atoms with Gasteiger partial charge in [0.25, 0.3) is 0 Å². The van der Waals surface area contributed by atoms with E-state index in [2.05, 4.69) is 15.2 Å². The van der Waals surface area contributed by atoms with Crippen molar-refractivity contribution < 1.29 is 0 Å². The summed E-state index contributed by atoms with van der Waals surface area (Å²) in [6, 6.07) is 7.97. The number of aromatic nitrogens is 3. The molecule has 1 aliphatic rings. The van der Waals surface area contributed by atoms with Crippen LogP contribution in [0.3, 0.4) is 0 Å². The van der Waals surface area contributed by atoms with Crippen LogP contribution < -0.4 is 5.01 Å². The van der Waals surface area contributed by atoms with Crippen molar-refractivity contribution in [3.8, 4) is 0 Å². The molecule has 0 atom stereocenters. The van der Waals surface area contributed by atoms with Crippen molar-refractivity contribution in [2.24, 2.45) is 0 Å². The maximum absolute atomic E-state index is 4.43. The summed E-state index contributed by atoms with van der Waals surface area (Å²) in [5.41, 5.74) is 1.94. The molecule has 0 N–H and O–H groups in total. The number of hydrogen-bond donors (Lipinski definition) is 0. The van der Waals surface area contributed by atoms with Gasteiger partial charge in [-0.3, -0.25) is 5.01 Å². The van der Waals surface area contributed by atoms with Gasteiger partial charge in [-0.2, -0.15) is 0 Å². The zero-order chi connectivity index (χ0) is 9.38. The highest BCUT2D eigenvalue weighted by atomic mass is 15.8. The average molecular weight is 188 g/mol. The second-order valence-electron chi connectivity index (χ2n) is 3.62. The molecule has 14 heavy (non-hydrogen) atoms. The summed E-state index contributed by atoms with van der Waals surface area (Å²) in [7, 11) is 0. The lowest BCUT2D eigenvalue weighted by atomic mass is 10.3. The maximum Gasteiger partial charge on any atom is 0.115 e.